The third kappa shape index (κ3) is 3.58. The number of hydrogen-bond acceptors (Lipinski definition) is 5. The van der Waals surface area contributed by atoms with E-state index in [1.165, 1.54) is 18.3 Å². The molecule has 1 aliphatic rings. The molecule has 1 amide bonds. The van der Waals surface area contributed by atoms with Crippen LogP contribution in [0.1, 0.15) is 16.8 Å². The largest absolute Gasteiger partial charge is 0.369 e. The average molecular weight is 452 g/mol. The van der Waals surface area contributed by atoms with Gasteiger partial charge in [0.15, 0.2) is 5.82 Å². The standard InChI is InChI=1S/C23H19F3N6O/c24-16-2-1-11(7-13(16)22(28)33)14-8-29-9-15(21(14)32-6-5-12(27)10-32)23-30-19-17(25)3-4-18(26)20(19)31-23/h1-4,7-9,12H,5-6,10,27H2,(H2,28,33)(H,30,31)/t12-/m0/s1. The molecule has 168 valence electrons. The Balaban J connectivity index is 1.75. The molecular weight excluding hydrogens is 433 g/mol. The van der Waals surface area contributed by atoms with Crippen LogP contribution < -0.4 is 16.4 Å². The number of carbonyl (C=O) groups is 1. The van der Waals surface area contributed by atoms with Gasteiger partial charge in [0, 0.05) is 37.1 Å². The second-order valence-electron chi connectivity index (χ2n) is 7.98. The van der Waals surface area contributed by atoms with Gasteiger partial charge in [0.2, 0.25) is 0 Å². The summed E-state index contributed by atoms with van der Waals surface area (Å²) in [5.74, 6) is -2.71. The van der Waals surface area contributed by atoms with Crippen LogP contribution in [0.5, 0.6) is 0 Å². The number of pyridine rings is 1. The van der Waals surface area contributed by atoms with Gasteiger partial charge in [-0.25, -0.2) is 18.2 Å². The number of aromatic nitrogens is 3. The highest BCUT2D eigenvalue weighted by Gasteiger charge is 2.27. The summed E-state index contributed by atoms with van der Waals surface area (Å²) < 4.78 is 42.7. The lowest BCUT2D eigenvalue weighted by molar-refractivity contribution is 0.0996. The van der Waals surface area contributed by atoms with Crippen molar-refractivity contribution in [1.29, 1.82) is 0 Å². The number of nitrogens with two attached hydrogens (primary N) is 2. The Morgan fingerprint density at radius 2 is 1.79 bits per heavy atom. The molecule has 33 heavy (non-hydrogen) atoms. The summed E-state index contributed by atoms with van der Waals surface area (Å²) in [5, 5.41) is 0. The van der Waals surface area contributed by atoms with E-state index in [-0.39, 0.29) is 28.5 Å². The summed E-state index contributed by atoms with van der Waals surface area (Å²) >= 11 is 0. The number of nitrogens with one attached hydrogen (secondary N) is 1. The Hall–Kier alpha value is -3.92. The first kappa shape index (κ1) is 21.0. The van der Waals surface area contributed by atoms with Crippen molar-refractivity contribution in [2.24, 2.45) is 11.5 Å². The molecule has 0 unspecified atom stereocenters. The van der Waals surface area contributed by atoms with E-state index in [0.717, 1.165) is 24.6 Å². The minimum absolute atomic E-state index is 0.0581. The SMILES string of the molecule is NC(=O)c1cc(-c2cncc(-c3nc4c(F)ccc(F)c4[nH]3)c2N2CC[C@H](N)C2)ccc1F. The zero-order valence-corrected chi connectivity index (χ0v) is 17.3. The van der Waals surface area contributed by atoms with Gasteiger partial charge in [0.25, 0.3) is 5.91 Å². The first-order valence-electron chi connectivity index (χ1n) is 10.3. The van der Waals surface area contributed by atoms with Crippen LogP contribution in [0.25, 0.3) is 33.5 Å². The minimum atomic E-state index is -0.897. The topological polar surface area (TPSA) is 114 Å². The zero-order valence-electron chi connectivity index (χ0n) is 17.3. The number of amides is 1. The fraction of sp³-hybridized carbons (Fsp3) is 0.174. The van der Waals surface area contributed by atoms with Crippen LogP contribution in [0.15, 0.2) is 42.7 Å². The second-order valence-corrected chi connectivity index (χ2v) is 7.98. The van der Waals surface area contributed by atoms with Crippen molar-refractivity contribution in [2.45, 2.75) is 12.5 Å². The fourth-order valence-electron chi connectivity index (χ4n) is 4.21. The van der Waals surface area contributed by atoms with Gasteiger partial charge in [-0.15, -0.1) is 0 Å². The maximum atomic E-state index is 14.3. The average Bonchev–Trinajstić information content (AvgIpc) is 3.43. The molecule has 5 rings (SSSR count). The van der Waals surface area contributed by atoms with Crippen LogP contribution >= 0.6 is 0 Å². The van der Waals surface area contributed by atoms with Crippen LogP contribution in [-0.4, -0.2) is 40.0 Å². The lowest BCUT2D eigenvalue weighted by atomic mass is 9.99. The molecule has 1 aliphatic heterocycles. The molecule has 1 fully saturated rings. The van der Waals surface area contributed by atoms with Crippen LogP contribution in [0.4, 0.5) is 18.9 Å². The number of fused-ring (bicyclic) bond motifs is 1. The van der Waals surface area contributed by atoms with E-state index in [0.29, 0.717) is 35.5 Å². The smallest absolute Gasteiger partial charge is 0.251 e. The number of aromatic amines is 1. The Labute approximate surface area is 186 Å². The minimum Gasteiger partial charge on any atom is -0.369 e. The Bertz CT molecular complexity index is 1360. The van der Waals surface area contributed by atoms with Crippen molar-refractivity contribution in [3.63, 3.8) is 0 Å². The maximum absolute atomic E-state index is 14.3. The molecule has 10 heteroatoms. The van der Waals surface area contributed by atoms with Gasteiger partial charge in [-0.05, 0) is 36.2 Å². The van der Waals surface area contributed by atoms with Crippen LogP contribution in [0, 0.1) is 17.5 Å². The molecule has 2 aromatic carbocycles. The third-order valence-corrected chi connectivity index (χ3v) is 5.80. The molecule has 0 saturated carbocycles. The summed E-state index contributed by atoms with van der Waals surface area (Å²) in [4.78, 5) is 25.1. The van der Waals surface area contributed by atoms with Gasteiger partial charge in [-0.3, -0.25) is 9.78 Å². The molecule has 3 heterocycles. The van der Waals surface area contributed by atoms with Crippen LogP contribution in [0.3, 0.4) is 0 Å². The van der Waals surface area contributed by atoms with Crippen molar-refractivity contribution in [3.8, 4) is 22.5 Å². The molecule has 7 nitrogen and oxygen atoms in total. The summed E-state index contributed by atoms with van der Waals surface area (Å²) in [6.07, 6.45) is 3.85. The van der Waals surface area contributed by atoms with Crippen molar-refractivity contribution in [3.05, 3.63) is 65.7 Å². The van der Waals surface area contributed by atoms with E-state index < -0.39 is 23.4 Å². The highest BCUT2D eigenvalue weighted by molar-refractivity contribution is 5.96. The van der Waals surface area contributed by atoms with Gasteiger partial charge < -0.3 is 21.4 Å². The molecule has 0 aliphatic carbocycles. The van der Waals surface area contributed by atoms with Crippen molar-refractivity contribution in [2.75, 3.05) is 18.0 Å². The zero-order chi connectivity index (χ0) is 23.3. The summed E-state index contributed by atoms with van der Waals surface area (Å²) in [6, 6.07) is 6.00. The fourth-order valence-corrected chi connectivity index (χ4v) is 4.21. The van der Waals surface area contributed by atoms with Crippen LogP contribution in [-0.2, 0) is 0 Å². The maximum Gasteiger partial charge on any atom is 0.251 e. The predicted octanol–water partition coefficient (Wildman–Crippen LogP) is 3.35. The molecule has 5 N–H and O–H groups in total. The summed E-state index contributed by atoms with van der Waals surface area (Å²) in [7, 11) is 0. The number of H-pyrrole nitrogens is 1. The van der Waals surface area contributed by atoms with Crippen molar-refractivity contribution in [1.82, 2.24) is 15.0 Å². The quantitative estimate of drug-likeness (QED) is 0.440. The highest BCUT2D eigenvalue weighted by atomic mass is 19.1. The van der Waals surface area contributed by atoms with E-state index in [1.807, 2.05) is 4.90 Å². The summed E-state index contributed by atoms with van der Waals surface area (Å²) in [5.41, 5.74) is 13.2. The highest BCUT2D eigenvalue weighted by Crippen LogP contribution is 2.40. The van der Waals surface area contributed by atoms with E-state index in [2.05, 4.69) is 15.0 Å². The molecule has 0 bridgehead atoms. The number of halogens is 3. The lowest BCUT2D eigenvalue weighted by Crippen LogP contribution is -2.27. The number of primary amides is 1. The number of nitrogens with zero attached hydrogens (tertiary/aromatic N) is 3. The molecule has 1 atom stereocenters. The molecule has 0 spiro atoms. The predicted molar refractivity (Wildman–Crippen MR) is 118 cm³/mol. The van der Waals surface area contributed by atoms with E-state index in [9.17, 15) is 18.0 Å². The van der Waals surface area contributed by atoms with Gasteiger partial charge in [0.05, 0.1) is 16.8 Å². The van der Waals surface area contributed by atoms with Crippen LogP contribution in [0.2, 0.25) is 0 Å². The normalized spacial score (nSPS) is 16.0. The molecule has 1 saturated heterocycles. The second kappa shape index (κ2) is 7.89. The van der Waals surface area contributed by atoms with Gasteiger partial charge in [-0.1, -0.05) is 6.07 Å². The Morgan fingerprint density at radius 3 is 2.48 bits per heavy atom. The molecular formula is C23H19F3N6O. The number of anilines is 1. The van der Waals surface area contributed by atoms with Crippen molar-refractivity contribution >= 4 is 22.6 Å². The number of benzene rings is 2. The first-order chi connectivity index (χ1) is 15.8. The van der Waals surface area contributed by atoms with Gasteiger partial charge >= 0.3 is 0 Å². The number of hydrogen-bond donors (Lipinski definition) is 3. The third-order valence-electron chi connectivity index (χ3n) is 5.80. The summed E-state index contributed by atoms with van der Waals surface area (Å²) in [6.45, 7) is 1.15. The first-order valence-corrected chi connectivity index (χ1v) is 10.3. The van der Waals surface area contributed by atoms with Gasteiger partial charge in [-0.2, -0.15) is 0 Å². The van der Waals surface area contributed by atoms with E-state index >= 15 is 0 Å². The molecule has 0 radical (unpaired) electrons. The Morgan fingerprint density at radius 1 is 1.06 bits per heavy atom. The monoisotopic (exact) mass is 452 g/mol. The number of rotatable bonds is 4. The number of imidazole rings is 1. The molecule has 2 aromatic heterocycles. The van der Waals surface area contributed by atoms with Crippen molar-refractivity contribution < 1.29 is 18.0 Å². The molecule has 4 aromatic rings. The van der Waals surface area contributed by atoms with Gasteiger partial charge in [0.1, 0.15) is 28.5 Å². The Kier molecular flexibility index (Phi) is 5.01. The lowest BCUT2D eigenvalue weighted by Gasteiger charge is -2.24. The number of carbonyl (C=O) groups excluding carboxylic acids is 1. The van der Waals surface area contributed by atoms with E-state index in [4.69, 9.17) is 11.5 Å². The van der Waals surface area contributed by atoms with E-state index in [1.54, 1.807) is 6.20 Å².